The average Bonchev–Trinajstić information content (AvgIpc) is 2.86. The molecule has 1 amide bonds. The summed E-state index contributed by atoms with van der Waals surface area (Å²) >= 11 is 0. The van der Waals surface area contributed by atoms with Gasteiger partial charge in [-0.1, -0.05) is 18.6 Å². The molecule has 4 nitrogen and oxygen atoms in total. The molecule has 1 aromatic carbocycles. The number of Topliss-reactive ketones (excluding diaryl/α,β-unsaturated/α-hetero) is 1. The minimum absolute atomic E-state index is 0. The summed E-state index contributed by atoms with van der Waals surface area (Å²) in [7, 11) is 0. The maximum atomic E-state index is 13.1. The second-order valence-corrected chi connectivity index (χ2v) is 7.82. The largest absolute Gasteiger partial charge is 0.388 e. The van der Waals surface area contributed by atoms with E-state index in [0.29, 0.717) is 17.4 Å². The molecule has 136 valence electrons. The lowest BCUT2D eigenvalue weighted by Crippen LogP contribution is -2.41. The van der Waals surface area contributed by atoms with Gasteiger partial charge in [0.05, 0.1) is 5.41 Å². The standard InChI is InChI=1S/C20H25NO3.H2S/c22-13-18(23)16-5-4-15-6-7-20(11-17(15)10-16)8-9-21(19(20)24)12-14-2-1-3-14;/h4-5,10,14,22H,1-3,6-9,11-13H2;1H2/t20-;/m1./s1. The molecule has 1 N–H and O–H groups in total. The molecule has 1 aliphatic heterocycles. The first-order valence-corrected chi connectivity index (χ1v) is 9.16. The molecule has 2 fully saturated rings. The zero-order valence-electron chi connectivity index (χ0n) is 14.6. The van der Waals surface area contributed by atoms with Gasteiger partial charge < -0.3 is 10.0 Å². The van der Waals surface area contributed by atoms with Crippen molar-refractivity contribution in [1.29, 1.82) is 0 Å². The number of carbonyl (C=O) groups excluding carboxylic acids is 2. The molecular formula is C20H27NO3S. The van der Waals surface area contributed by atoms with E-state index in [0.717, 1.165) is 44.3 Å². The SMILES string of the molecule is O=C(CO)c1ccc2c(c1)C[C@@]1(CC2)CCN(CC2CCC2)C1=O.S. The van der Waals surface area contributed by atoms with Crippen LogP contribution in [0.2, 0.25) is 0 Å². The van der Waals surface area contributed by atoms with Crippen LogP contribution in [0.25, 0.3) is 0 Å². The highest BCUT2D eigenvalue weighted by atomic mass is 32.1. The lowest BCUT2D eigenvalue weighted by Gasteiger charge is -2.35. The number of amides is 1. The minimum Gasteiger partial charge on any atom is -0.388 e. The van der Waals surface area contributed by atoms with Gasteiger partial charge in [-0.25, -0.2) is 0 Å². The molecule has 0 bridgehead atoms. The van der Waals surface area contributed by atoms with Gasteiger partial charge in [0.1, 0.15) is 6.61 Å². The molecule has 2 aliphatic carbocycles. The molecule has 1 saturated heterocycles. The van der Waals surface area contributed by atoms with Gasteiger partial charge in [0.15, 0.2) is 5.78 Å². The first-order chi connectivity index (χ1) is 11.6. The van der Waals surface area contributed by atoms with Gasteiger partial charge >= 0.3 is 0 Å². The number of ketones is 1. The third-order valence-electron chi connectivity index (χ3n) is 6.38. The maximum Gasteiger partial charge on any atom is 0.229 e. The zero-order chi connectivity index (χ0) is 16.7. The number of nitrogens with zero attached hydrogens (tertiary/aromatic N) is 1. The van der Waals surface area contributed by atoms with Crippen LogP contribution in [0.5, 0.6) is 0 Å². The Labute approximate surface area is 156 Å². The molecule has 1 aromatic rings. The predicted octanol–water partition coefficient (Wildman–Crippen LogP) is 2.48. The van der Waals surface area contributed by atoms with Gasteiger partial charge in [0.25, 0.3) is 0 Å². The van der Waals surface area contributed by atoms with E-state index in [1.807, 2.05) is 12.1 Å². The topological polar surface area (TPSA) is 57.6 Å². The summed E-state index contributed by atoms with van der Waals surface area (Å²) in [5, 5.41) is 9.08. The van der Waals surface area contributed by atoms with Crippen LogP contribution >= 0.6 is 13.5 Å². The van der Waals surface area contributed by atoms with Crippen LogP contribution in [0.15, 0.2) is 18.2 Å². The van der Waals surface area contributed by atoms with Crippen molar-refractivity contribution in [1.82, 2.24) is 4.90 Å². The van der Waals surface area contributed by atoms with Crippen LogP contribution in [-0.4, -0.2) is 41.4 Å². The number of rotatable bonds is 4. The van der Waals surface area contributed by atoms with Crippen molar-refractivity contribution in [3.63, 3.8) is 0 Å². The van der Waals surface area contributed by atoms with Gasteiger partial charge in [-0.3, -0.25) is 9.59 Å². The normalized spacial score (nSPS) is 25.5. The van der Waals surface area contributed by atoms with Gasteiger partial charge in [0, 0.05) is 18.7 Å². The Balaban J connectivity index is 0.00000182. The van der Waals surface area contributed by atoms with Crippen molar-refractivity contribution in [2.45, 2.75) is 44.9 Å². The zero-order valence-corrected chi connectivity index (χ0v) is 15.6. The number of hydrogen-bond donors (Lipinski definition) is 1. The number of hydrogen-bond acceptors (Lipinski definition) is 3. The summed E-state index contributed by atoms with van der Waals surface area (Å²) in [5.74, 6) is 0.800. The van der Waals surface area contributed by atoms with Crippen molar-refractivity contribution in [3.05, 3.63) is 34.9 Å². The molecule has 1 spiro atoms. The first-order valence-electron chi connectivity index (χ1n) is 9.16. The van der Waals surface area contributed by atoms with E-state index in [9.17, 15) is 9.59 Å². The molecule has 5 heteroatoms. The molecule has 25 heavy (non-hydrogen) atoms. The number of fused-ring (bicyclic) bond motifs is 1. The number of aliphatic hydroxyl groups is 1. The quantitative estimate of drug-likeness (QED) is 0.838. The highest BCUT2D eigenvalue weighted by Crippen LogP contribution is 2.44. The van der Waals surface area contributed by atoms with Gasteiger partial charge in [-0.05, 0) is 61.6 Å². The second-order valence-electron chi connectivity index (χ2n) is 7.82. The fourth-order valence-electron chi connectivity index (χ4n) is 4.58. The molecule has 0 radical (unpaired) electrons. The van der Waals surface area contributed by atoms with E-state index >= 15 is 0 Å². The van der Waals surface area contributed by atoms with E-state index in [1.54, 1.807) is 6.07 Å². The molecular weight excluding hydrogens is 334 g/mol. The van der Waals surface area contributed by atoms with Crippen LogP contribution in [0.3, 0.4) is 0 Å². The highest BCUT2D eigenvalue weighted by molar-refractivity contribution is 7.59. The highest BCUT2D eigenvalue weighted by Gasteiger charge is 2.48. The van der Waals surface area contributed by atoms with E-state index in [4.69, 9.17) is 5.11 Å². The van der Waals surface area contributed by atoms with Crippen molar-refractivity contribution >= 4 is 25.2 Å². The summed E-state index contributed by atoms with van der Waals surface area (Å²) in [4.78, 5) is 26.9. The number of benzene rings is 1. The lowest BCUT2D eigenvalue weighted by atomic mass is 9.70. The van der Waals surface area contributed by atoms with Crippen molar-refractivity contribution in [2.24, 2.45) is 11.3 Å². The Morgan fingerprint density at radius 3 is 2.72 bits per heavy atom. The Hall–Kier alpha value is -1.33. The van der Waals surface area contributed by atoms with Crippen molar-refractivity contribution in [3.8, 4) is 0 Å². The number of likely N-dealkylation sites (tertiary alicyclic amines) is 1. The van der Waals surface area contributed by atoms with Crippen molar-refractivity contribution in [2.75, 3.05) is 19.7 Å². The molecule has 0 aromatic heterocycles. The Bertz CT molecular complexity index is 686. The molecule has 1 atom stereocenters. The maximum absolute atomic E-state index is 13.1. The average molecular weight is 362 g/mol. The van der Waals surface area contributed by atoms with Crippen molar-refractivity contribution < 1.29 is 14.7 Å². The fraction of sp³-hybridized carbons (Fsp3) is 0.600. The van der Waals surface area contributed by atoms with Crippen LogP contribution in [0, 0.1) is 11.3 Å². The Kier molecular flexibility index (Phi) is 5.26. The first kappa shape index (κ1) is 18.5. The Morgan fingerprint density at radius 1 is 1.24 bits per heavy atom. The van der Waals surface area contributed by atoms with Crippen LogP contribution in [0.1, 0.15) is 53.6 Å². The van der Waals surface area contributed by atoms with Gasteiger partial charge in [-0.2, -0.15) is 13.5 Å². The number of carbonyl (C=O) groups is 2. The van der Waals surface area contributed by atoms with E-state index in [-0.39, 0.29) is 24.7 Å². The van der Waals surface area contributed by atoms with Gasteiger partial charge in [-0.15, -0.1) is 0 Å². The molecule has 4 rings (SSSR count). The summed E-state index contributed by atoms with van der Waals surface area (Å²) in [6, 6.07) is 5.70. The third kappa shape index (κ3) is 3.24. The minimum atomic E-state index is -0.460. The van der Waals surface area contributed by atoms with Crippen LogP contribution < -0.4 is 0 Å². The molecule has 1 heterocycles. The Morgan fingerprint density at radius 2 is 2.04 bits per heavy atom. The summed E-state index contributed by atoms with van der Waals surface area (Å²) in [5.41, 5.74) is 2.68. The van der Waals surface area contributed by atoms with Gasteiger partial charge in [0.2, 0.25) is 5.91 Å². The lowest BCUT2D eigenvalue weighted by molar-refractivity contribution is -0.137. The summed E-state index contributed by atoms with van der Waals surface area (Å²) in [6.45, 7) is 1.37. The molecule has 3 aliphatic rings. The van der Waals surface area contributed by atoms with E-state index in [2.05, 4.69) is 4.90 Å². The second kappa shape index (κ2) is 7.12. The molecule has 0 unspecified atom stereocenters. The fourth-order valence-corrected chi connectivity index (χ4v) is 4.58. The van der Waals surface area contributed by atoms with E-state index in [1.165, 1.54) is 24.8 Å². The number of aliphatic hydroxyl groups excluding tert-OH is 1. The number of aryl methyl sites for hydroxylation is 1. The van der Waals surface area contributed by atoms with E-state index < -0.39 is 6.61 Å². The van der Waals surface area contributed by atoms with Crippen LogP contribution in [-0.2, 0) is 17.6 Å². The smallest absolute Gasteiger partial charge is 0.229 e. The predicted molar refractivity (Wildman–Crippen MR) is 101 cm³/mol. The van der Waals surface area contributed by atoms with Crippen LogP contribution in [0.4, 0.5) is 0 Å². The third-order valence-corrected chi connectivity index (χ3v) is 6.38. The summed E-state index contributed by atoms with van der Waals surface area (Å²) in [6.07, 6.45) is 7.37. The molecule has 1 saturated carbocycles. The monoisotopic (exact) mass is 361 g/mol. The summed E-state index contributed by atoms with van der Waals surface area (Å²) < 4.78 is 0.